The fourth-order valence-electron chi connectivity index (χ4n) is 2.79. The molecule has 174 valence electrons. The van der Waals surface area contributed by atoms with Crippen molar-refractivity contribution < 1.29 is 24.3 Å². The number of nitrogens with one attached hydrogen (secondary N) is 3. The van der Waals surface area contributed by atoms with Crippen LogP contribution in [0.1, 0.15) is 67.7 Å². The molecule has 0 aromatic carbocycles. The van der Waals surface area contributed by atoms with Crippen LogP contribution in [0.3, 0.4) is 0 Å². The molecule has 0 saturated carbocycles. The number of carboxylic acids is 1. The largest absolute Gasteiger partial charge is 0.480 e. The lowest BCUT2D eigenvalue weighted by molar-refractivity contribution is -0.143. The van der Waals surface area contributed by atoms with Crippen molar-refractivity contribution in [3.63, 3.8) is 0 Å². The zero-order chi connectivity index (χ0) is 23.6. The van der Waals surface area contributed by atoms with Crippen LogP contribution in [0.2, 0.25) is 0 Å². The van der Waals surface area contributed by atoms with Crippen molar-refractivity contribution in [3.05, 3.63) is 0 Å². The van der Waals surface area contributed by atoms with Crippen LogP contribution < -0.4 is 21.7 Å². The van der Waals surface area contributed by atoms with Gasteiger partial charge in [-0.15, -0.1) is 0 Å². The van der Waals surface area contributed by atoms with E-state index in [4.69, 9.17) is 5.73 Å². The van der Waals surface area contributed by atoms with Crippen LogP contribution in [0.15, 0.2) is 0 Å². The Hall–Kier alpha value is -2.16. The molecule has 0 aliphatic carbocycles. The number of carboxylic acid groups (broad SMARTS) is 1. The van der Waals surface area contributed by atoms with Crippen molar-refractivity contribution in [1.82, 2.24) is 16.0 Å². The van der Waals surface area contributed by atoms with Gasteiger partial charge in [0, 0.05) is 0 Å². The van der Waals surface area contributed by atoms with Crippen molar-refractivity contribution in [2.45, 2.75) is 91.9 Å². The monoisotopic (exact) mass is 428 g/mol. The third-order valence-corrected chi connectivity index (χ3v) is 5.88. The van der Waals surface area contributed by atoms with Crippen molar-refractivity contribution >= 4 is 23.7 Å². The number of hydrogen-bond donors (Lipinski definition) is 5. The van der Waals surface area contributed by atoms with E-state index in [1.807, 2.05) is 34.6 Å². The highest BCUT2D eigenvalue weighted by atomic mass is 16.4. The topological polar surface area (TPSA) is 151 Å². The number of carbonyl (C=O) groups is 4. The van der Waals surface area contributed by atoms with Gasteiger partial charge < -0.3 is 26.8 Å². The lowest BCUT2D eigenvalue weighted by atomic mass is 9.95. The van der Waals surface area contributed by atoms with Crippen LogP contribution in [0.25, 0.3) is 0 Å². The third-order valence-electron chi connectivity index (χ3n) is 5.88. The summed E-state index contributed by atoms with van der Waals surface area (Å²) in [5, 5.41) is 17.1. The SMILES string of the molecule is CCC(C)C(N)C(=O)NC(C(=O)NC(C)C(=O)NC(C(=O)O)C(C)CC)C(C)CC. The van der Waals surface area contributed by atoms with E-state index in [2.05, 4.69) is 16.0 Å². The van der Waals surface area contributed by atoms with Gasteiger partial charge in [0.05, 0.1) is 6.04 Å². The number of rotatable bonds is 13. The molecule has 0 fully saturated rings. The first-order valence-corrected chi connectivity index (χ1v) is 10.8. The van der Waals surface area contributed by atoms with Gasteiger partial charge in [-0.25, -0.2) is 4.79 Å². The first-order chi connectivity index (χ1) is 13.9. The van der Waals surface area contributed by atoms with Crippen molar-refractivity contribution in [2.24, 2.45) is 23.5 Å². The Kier molecular flexibility index (Phi) is 12.3. The molecule has 9 nitrogen and oxygen atoms in total. The average Bonchev–Trinajstić information content (AvgIpc) is 2.72. The normalized spacial score (nSPS) is 18.1. The molecule has 0 aromatic heterocycles. The highest BCUT2D eigenvalue weighted by Crippen LogP contribution is 2.12. The second-order valence-corrected chi connectivity index (χ2v) is 8.22. The summed E-state index contributed by atoms with van der Waals surface area (Å²) in [6.45, 7) is 12.6. The summed E-state index contributed by atoms with van der Waals surface area (Å²) in [5.74, 6) is -3.12. The van der Waals surface area contributed by atoms with Gasteiger partial charge in [0.2, 0.25) is 17.7 Å². The number of nitrogens with two attached hydrogens (primary N) is 1. The minimum atomic E-state index is -1.12. The molecule has 0 rings (SSSR count). The molecule has 9 heteroatoms. The average molecular weight is 429 g/mol. The van der Waals surface area contributed by atoms with E-state index in [0.717, 1.165) is 6.42 Å². The first-order valence-electron chi connectivity index (χ1n) is 10.8. The maximum atomic E-state index is 12.8. The van der Waals surface area contributed by atoms with Gasteiger partial charge in [0.25, 0.3) is 0 Å². The Morgan fingerprint density at radius 3 is 1.57 bits per heavy atom. The number of carbonyl (C=O) groups excluding carboxylic acids is 3. The fourth-order valence-corrected chi connectivity index (χ4v) is 2.79. The van der Waals surface area contributed by atoms with Gasteiger partial charge in [-0.3, -0.25) is 14.4 Å². The number of amides is 3. The van der Waals surface area contributed by atoms with Crippen LogP contribution in [-0.2, 0) is 19.2 Å². The van der Waals surface area contributed by atoms with Gasteiger partial charge in [-0.05, 0) is 24.7 Å². The van der Waals surface area contributed by atoms with Crippen LogP contribution in [0.5, 0.6) is 0 Å². The summed E-state index contributed by atoms with van der Waals surface area (Å²) in [6.07, 6.45) is 1.94. The van der Waals surface area contributed by atoms with Crippen LogP contribution in [0, 0.1) is 17.8 Å². The molecule has 7 unspecified atom stereocenters. The molecule has 0 aliphatic heterocycles. The minimum absolute atomic E-state index is 0.0381. The Labute approximate surface area is 179 Å². The zero-order valence-electron chi connectivity index (χ0n) is 19.3. The van der Waals surface area contributed by atoms with E-state index in [1.165, 1.54) is 6.92 Å². The zero-order valence-corrected chi connectivity index (χ0v) is 19.3. The first kappa shape index (κ1) is 27.8. The van der Waals surface area contributed by atoms with Crippen LogP contribution >= 0.6 is 0 Å². The quantitative estimate of drug-likeness (QED) is 0.295. The highest BCUT2D eigenvalue weighted by molar-refractivity contribution is 5.94. The van der Waals surface area contributed by atoms with Crippen molar-refractivity contribution in [2.75, 3.05) is 0 Å². The number of aliphatic carboxylic acids is 1. The van der Waals surface area contributed by atoms with Crippen LogP contribution in [-0.4, -0.2) is 53.0 Å². The van der Waals surface area contributed by atoms with Crippen molar-refractivity contribution in [3.8, 4) is 0 Å². The third kappa shape index (κ3) is 8.30. The maximum Gasteiger partial charge on any atom is 0.326 e. The summed E-state index contributed by atoms with van der Waals surface area (Å²) in [5.41, 5.74) is 5.97. The summed E-state index contributed by atoms with van der Waals surface area (Å²) in [4.78, 5) is 49.1. The van der Waals surface area contributed by atoms with E-state index >= 15 is 0 Å². The van der Waals surface area contributed by atoms with Gasteiger partial charge in [-0.1, -0.05) is 60.8 Å². The van der Waals surface area contributed by atoms with E-state index in [1.54, 1.807) is 6.92 Å². The molecule has 0 saturated heterocycles. The molecule has 3 amide bonds. The van der Waals surface area contributed by atoms with Crippen LogP contribution in [0.4, 0.5) is 0 Å². The molecule has 0 aliphatic rings. The van der Waals surface area contributed by atoms with Gasteiger partial charge >= 0.3 is 5.97 Å². The molecule has 0 bridgehead atoms. The Bertz CT molecular complexity index is 598. The van der Waals surface area contributed by atoms with Gasteiger partial charge in [0.1, 0.15) is 18.1 Å². The molecular weight excluding hydrogens is 388 g/mol. The summed E-state index contributed by atoms with van der Waals surface area (Å²) >= 11 is 0. The maximum absolute atomic E-state index is 12.8. The molecule has 0 heterocycles. The molecule has 0 radical (unpaired) electrons. The summed E-state index contributed by atoms with van der Waals surface area (Å²) in [7, 11) is 0. The molecule has 7 atom stereocenters. The molecule has 6 N–H and O–H groups in total. The predicted molar refractivity (Wildman–Crippen MR) is 115 cm³/mol. The highest BCUT2D eigenvalue weighted by Gasteiger charge is 2.32. The second-order valence-electron chi connectivity index (χ2n) is 8.22. The van der Waals surface area contributed by atoms with E-state index in [-0.39, 0.29) is 17.8 Å². The lowest BCUT2D eigenvalue weighted by Crippen LogP contribution is -2.58. The van der Waals surface area contributed by atoms with E-state index in [9.17, 15) is 24.3 Å². The standard InChI is InChI=1S/C21H40N4O5/c1-8-11(4)15(22)19(27)24-16(12(5)9-2)20(28)23-14(7)18(26)25-17(21(29)30)13(6)10-3/h11-17H,8-10,22H2,1-7H3,(H,23,28)(H,24,27)(H,25,26)(H,29,30). The summed E-state index contributed by atoms with van der Waals surface area (Å²) < 4.78 is 0. The molecule has 30 heavy (non-hydrogen) atoms. The lowest BCUT2D eigenvalue weighted by Gasteiger charge is -2.28. The fraction of sp³-hybridized carbons (Fsp3) is 0.810. The molecule has 0 aromatic rings. The molecule has 0 spiro atoms. The van der Waals surface area contributed by atoms with Gasteiger partial charge in [0.15, 0.2) is 0 Å². The van der Waals surface area contributed by atoms with Gasteiger partial charge in [-0.2, -0.15) is 0 Å². The Balaban J connectivity index is 5.20. The Morgan fingerprint density at radius 1 is 0.700 bits per heavy atom. The number of hydrogen-bond acceptors (Lipinski definition) is 5. The van der Waals surface area contributed by atoms with E-state index < -0.39 is 47.9 Å². The Morgan fingerprint density at radius 2 is 1.13 bits per heavy atom. The minimum Gasteiger partial charge on any atom is -0.480 e. The smallest absolute Gasteiger partial charge is 0.326 e. The predicted octanol–water partition coefficient (Wildman–Crippen LogP) is 1.01. The van der Waals surface area contributed by atoms with Crippen molar-refractivity contribution in [1.29, 1.82) is 0 Å². The summed E-state index contributed by atoms with van der Waals surface area (Å²) in [6, 6.07) is -3.59. The molecular formula is C21H40N4O5. The van der Waals surface area contributed by atoms with E-state index in [0.29, 0.717) is 12.8 Å². The second kappa shape index (κ2) is 13.2.